The molecule has 0 spiro atoms. The Hall–Kier alpha value is -3.00. The predicted molar refractivity (Wildman–Crippen MR) is 159 cm³/mol. The van der Waals surface area contributed by atoms with Gasteiger partial charge in [0.25, 0.3) is 11.8 Å². The molecule has 0 bridgehead atoms. The SMILES string of the molecule is CC(C)(C)c1cc2cc3[nH]c4cc5cc(-c6sc(C(C)(C)C)c7c6C(=O)NC7=O)sc5cc4c3cc2s1. The quantitative estimate of drug-likeness (QED) is 0.204. The fraction of sp³-hybridized carbons (Fsp3) is 0.267. The van der Waals surface area contributed by atoms with E-state index in [-0.39, 0.29) is 22.6 Å². The summed E-state index contributed by atoms with van der Waals surface area (Å²) in [5, 5.41) is 7.39. The van der Waals surface area contributed by atoms with Crippen LogP contribution in [-0.2, 0) is 10.8 Å². The largest absolute Gasteiger partial charge is 0.354 e. The number of imide groups is 1. The minimum absolute atomic E-state index is 0.134. The summed E-state index contributed by atoms with van der Waals surface area (Å²) >= 11 is 5.15. The van der Waals surface area contributed by atoms with Crippen molar-refractivity contribution in [2.24, 2.45) is 0 Å². The van der Waals surface area contributed by atoms with Crippen molar-refractivity contribution >= 4 is 87.8 Å². The van der Waals surface area contributed by atoms with Gasteiger partial charge < -0.3 is 4.98 Å². The van der Waals surface area contributed by atoms with Crippen molar-refractivity contribution in [1.82, 2.24) is 10.3 Å². The predicted octanol–water partition coefficient (Wildman–Crippen LogP) is 8.96. The molecule has 7 rings (SSSR count). The van der Waals surface area contributed by atoms with Gasteiger partial charge in [-0.25, -0.2) is 0 Å². The first-order valence-corrected chi connectivity index (χ1v) is 14.8. The van der Waals surface area contributed by atoms with Gasteiger partial charge in [0, 0.05) is 45.8 Å². The highest BCUT2D eigenvalue weighted by Gasteiger charge is 2.39. The summed E-state index contributed by atoms with van der Waals surface area (Å²) in [6.07, 6.45) is 0. The minimum Gasteiger partial charge on any atom is -0.354 e. The third kappa shape index (κ3) is 3.37. The number of hydrogen-bond donors (Lipinski definition) is 2. The van der Waals surface area contributed by atoms with Crippen LogP contribution in [-0.4, -0.2) is 16.8 Å². The van der Waals surface area contributed by atoms with Crippen LogP contribution < -0.4 is 5.32 Å². The van der Waals surface area contributed by atoms with Crippen molar-refractivity contribution in [3.05, 3.63) is 57.3 Å². The van der Waals surface area contributed by atoms with Gasteiger partial charge in [0.2, 0.25) is 0 Å². The molecule has 4 aromatic heterocycles. The Morgan fingerprint density at radius 1 is 0.649 bits per heavy atom. The molecular weight excluding hydrogens is 517 g/mol. The van der Waals surface area contributed by atoms with E-state index in [4.69, 9.17) is 0 Å². The number of aromatic nitrogens is 1. The standard InChI is InChI=1S/C30H26N2O2S3/c1-29(2,3)22-10-14-8-18-16(12-20(14)36-22)15-11-19-13(7-17(15)31-18)9-21(35-19)25-23-24(28(34)32-27(23)33)26(37-25)30(4,5)6/h7-12,31H,1-6H3,(H,32,33,34). The molecule has 0 atom stereocenters. The van der Waals surface area contributed by atoms with Crippen LogP contribution in [0.3, 0.4) is 0 Å². The molecule has 37 heavy (non-hydrogen) atoms. The lowest BCUT2D eigenvalue weighted by Gasteiger charge is -2.17. The number of H-pyrrole nitrogens is 1. The van der Waals surface area contributed by atoms with E-state index in [1.165, 1.54) is 30.4 Å². The second-order valence-corrected chi connectivity index (χ2v) is 15.2. The summed E-state index contributed by atoms with van der Waals surface area (Å²) in [4.78, 5) is 33.3. The Morgan fingerprint density at radius 3 is 1.86 bits per heavy atom. The molecule has 0 radical (unpaired) electrons. The van der Waals surface area contributed by atoms with Crippen LogP contribution in [0.25, 0.3) is 51.7 Å². The average molecular weight is 543 g/mol. The van der Waals surface area contributed by atoms with Crippen LogP contribution in [0.5, 0.6) is 0 Å². The van der Waals surface area contributed by atoms with E-state index in [0.717, 1.165) is 31.1 Å². The Kier molecular flexibility index (Phi) is 4.57. The first-order chi connectivity index (χ1) is 17.4. The zero-order chi connectivity index (χ0) is 26.0. The van der Waals surface area contributed by atoms with E-state index in [2.05, 4.69) is 88.2 Å². The monoisotopic (exact) mass is 542 g/mol. The third-order valence-corrected chi connectivity index (χ3v) is 11.5. The lowest BCUT2D eigenvalue weighted by Crippen LogP contribution is -2.22. The average Bonchev–Trinajstić information content (AvgIpc) is 3.57. The molecule has 0 unspecified atom stereocenters. The third-order valence-electron chi connectivity index (χ3n) is 7.11. The normalized spacial score (nSPS) is 14.5. The number of rotatable bonds is 1. The second kappa shape index (κ2) is 7.31. The molecule has 6 aromatic rings. The van der Waals surface area contributed by atoms with Crippen molar-refractivity contribution in [2.75, 3.05) is 0 Å². The molecule has 0 fully saturated rings. The Labute approximate surface area is 226 Å². The summed E-state index contributed by atoms with van der Waals surface area (Å²) in [5.74, 6) is -0.560. The summed E-state index contributed by atoms with van der Waals surface area (Å²) in [7, 11) is 0. The fourth-order valence-corrected chi connectivity index (χ4v) is 8.93. The molecule has 2 N–H and O–H groups in total. The molecule has 2 aromatic carbocycles. The molecule has 0 saturated carbocycles. The Morgan fingerprint density at radius 2 is 1.24 bits per heavy atom. The van der Waals surface area contributed by atoms with Crippen LogP contribution in [0.1, 0.15) is 72.0 Å². The maximum absolute atomic E-state index is 12.8. The topological polar surface area (TPSA) is 62.0 Å². The van der Waals surface area contributed by atoms with Crippen LogP contribution in [0.15, 0.2) is 36.4 Å². The highest BCUT2D eigenvalue weighted by Crippen LogP contribution is 2.48. The first-order valence-electron chi connectivity index (χ1n) is 12.3. The smallest absolute Gasteiger partial charge is 0.260 e. The fourth-order valence-electron chi connectivity index (χ4n) is 5.25. The van der Waals surface area contributed by atoms with Crippen molar-refractivity contribution in [1.29, 1.82) is 0 Å². The Bertz CT molecular complexity index is 1970. The van der Waals surface area contributed by atoms with Gasteiger partial charge in [-0.3, -0.25) is 14.9 Å². The number of aromatic amines is 1. The molecule has 4 nitrogen and oxygen atoms in total. The highest BCUT2D eigenvalue weighted by molar-refractivity contribution is 7.26. The minimum atomic E-state index is -0.285. The van der Waals surface area contributed by atoms with E-state index in [1.807, 2.05) is 11.3 Å². The lowest BCUT2D eigenvalue weighted by molar-refractivity contribution is 0.0879. The number of benzene rings is 2. The van der Waals surface area contributed by atoms with Crippen LogP contribution in [0, 0.1) is 0 Å². The summed E-state index contributed by atoms with van der Waals surface area (Å²) < 4.78 is 2.49. The lowest BCUT2D eigenvalue weighted by atomic mass is 9.90. The molecule has 5 heterocycles. The van der Waals surface area contributed by atoms with E-state index >= 15 is 0 Å². The van der Waals surface area contributed by atoms with Gasteiger partial charge in [-0.2, -0.15) is 0 Å². The number of fused-ring (bicyclic) bond motifs is 6. The molecule has 0 saturated heterocycles. The van der Waals surface area contributed by atoms with Crippen molar-refractivity contribution < 1.29 is 9.59 Å². The van der Waals surface area contributed by atoms with Gasteiger partial charge in [0.15, 0.2) is 0 Å². The van der Waals surface area contributed by atoms with Crippen LogP contribution >= 0.6 is 34.0 Å². The second-order valence-electron chi connectivity index (χ2n) is 12.0. The molecule has 1 aliphatic heterocycles. The number of nitrogens with one attached hydrogen (secondary N) is 2. The van der Waals surface area contributed by atoms with Crippen molar-refractivity contribution in [3.8, 4) is 9.75 Å². The number of hydrogen-bond acceptors (Lipinski definition) is 5. The first kappa shape index (κ1) is 23.1. The molecule has 0 aliphatic carbocycles. The molecular formula is C30H26N2O2S3. The van der Waals surface area contributed by atoms with Crippen molar-refractivity contribution in [2.45, 2.75) is 52.4 Å². The van der Waals surface area contributed by atoms with Gasteiger partial charge in [0.05, 0.1) is 16.0 Å². The van der Waals surface area contributed by atoms with Gasteiger partial charge >= 0.3 is 0 Å². The van der Waals surface area contributed by atoms with E-state index in [1.54, 1.807) is 22.7 Å². The molecule has 7 heteroatoms. The van der Waals surface area contributed by atoms with Crippen molar-refractivity contribution in [3.63, 3.8) is 0 Å². The van der Waals surface area contributed by atoms with Gasteiger partial charge in [0.1, 0.15) is 0 Å². The highest BCUT2D eigenvalue weighted by atomic mass is 32.1. The summed E-state index contributed by atoms with van der Waals surface area (Å²) in [5.41, 5.74) is 3.27. The maximum Gasteiger partial charge on any atom is 0.260 e. The van der Waals surface area contributed by atoms with Gasteiger partial charge in [-0.1, -0.05) is 41.5 Å². The zero-order valence-electron chi connectivity index (χ0n) is 21.5. The zero-order valence-corrected chi connectivity index (χ0v) is 24.0. The Balaban J connectivity index is 1.42. The van der Waals surface area contributed by atoms with Crippen LogP contribution in [0.4, 0.5) is 0 Å². The van der Waals surface area contributed by atoms with Gasteiger partial charge in [-0.15, -0.1) is 34.0 Å². The van der Waals surface area contributed by atoms with E-state index in [0.29, 0.717) is 11.1 Å². The molecule has 186 valence electrons. The van der Waals surface area contributed by atoms with Crippen LogP contribution in [0.2, 0.25) is 0 Å². The van der Waals surface area contributed by atoms with E-state index < -0.39 is 0 Å². The van der Waals surface area contributed by atoms with Gasteiger partial charge in [-0.05, 0) is 58.0 Å². The molecule has 1 aliphatic rings. The summed E-state index contributed by atoms with van der Waals surface area (Å²) in [6, 6.07) is 13.6. The number of carbonyl (C=O) groups excluding carboxylic acids is 2. The summed E-state index contributed by atoms with van der Waals surface area (Å²) in [6.45, 7) is 13.1. The number of carbonyl (C=O) groups is 2. The number of thiophene rings is 3. The maximum atomic E-state index is 12.8. The van der Waals surface area contributed by atoms with E-state index in [9.17, 15) is 9.59 Å². The molecule has 2 amide bonds. The number of amides is 2.